The average molecular weight is 447 g/mol. The number of fused-ring (bicyclic) bond motifs is 1. The monoisotopic (exact) mass is 446 g/mol. The minimum Gasteiger partial charge on any atom is -0.368 e. The van der Waals surface area contributed by atoms with E-state index in [-0.39, 0.29) is 0 Å². The molecule has 1 unspecified atom stereocenters. The maximum Gasteiger partial charge on any atom is 0.223 e. The van der Waals surface area contributed by atoms with Gasteiger partial charge in [-0.3, -0.25) is 4.68 Å². The number of nitrogens with zero attached hydrogens (tertiary/aromatic N) is 7. The molecule has 2 aromatic heterocycles. The maximum absolute atomic E-state index is 6.17. The van der Waals surface area contributed by atoms with Crippen LogP contribution < -0.4 is 15.5 Å². The number of anilines is 3. The van der Waals surface area contributed by atoms with Crippen molar-refractivity contribution in [3.8, 4) is 11.1 Å². The molecule has 5 rings (SSSR count). The second-order valence-corrected chi connectivity index (χ2v) is 9.70. The average Bonchev–Trinajstić information content (AvgIpc) is 3.29. The van der Waals surface area contributed by atoms with Gasteiger partial charge in [0, 0.05) is 62.6 Å². The summed E-state index contributed by atoms with van der Waals surface area (Å²) in [6, 6.07) is 9.60. The number of hydrogen-bond acceptors (Lipinski definition) is 7. The van der Waals surface area contributed by atoms with Crippen LogP contribution >= 0.6 is 0 Å². The van der Waals surface area contributed by atoms with Gasteiger partial charge in [0.15, 0.2) is 0 Å². The summed E-state index contributed by atoms with van der Waals surface area (Å²) >= 11 is 0. The van der Waals surface area contributed by atoms with E-state index in [0.717, 1.165) is 56.3 Å². The van der Waals surface area contributed by atoms with E-state index in [4.69, 9.17) is 5.73 Å². The fraction of sp³-hybridized carbons (Fsp3) is 0.480. The van der Waals surface area contributed by atoms with Gasteiger partial charge >= 0.3 is 0 Å². The predicted molar refractivity (Wildman–Crippen MR) is 134 cm³/mol. The Balaban J connectivity index is 1.42. The molecule has 2 aliphatic heterocycles. The number of nitrogens with two attached hydrogens (primary N) is 1. The van der Waals surface area contributed by atoms with Gasteiger partial charge in [-0.1, -0.05) is 12.1 Å². The lowest BCUT2D eigenvalue weighted by molar-refractivity contribution is 0.312. The van der Waals surface area contributed by atoms with Crippen molar-refractivity contribution in [1.82, 2.24) is 24.6 Å². The summed E-state index contributed by atoms with van der Waals surface area (Å²) in [5.74, 6) is 2.18. The van der Waals surface area contributed by atoms with E-state index in [1.165, 1.54) is 16.7 Å². The minimum absolute atomic E-state index is 0.335. The Hall–Kier alpha value is -3.13. The van der Waals surface area contributed by atoms with E-state index < -0.39 is 0 Å². The fourth-order valence-electron chi connectivity index (χ4n) is 4.78. The van der Waals surface area contributed by atoms with Gasteiger partial charge in [-0.15, -0.1) is 0 Å². The molecule has 1 fully saturated rings. The molecule has 33 heavy (non-hydrogen) atoms. The highest BCUT2D eigenvalue weighted by Gasteiger charge is 2.26. The zero-order valence-corrected chi connectivity index (χ0v) is 20.1. The van der Waals surface area contributed by atoms with E-state index in [2.05, 4.69) is 88.0 Å². The Morgan fingerprint density at radius 2 is 1.73 bits per heavy atom. The van der Waals surface area contributed by atoms with Crippen LogP contribution in [-0.2, 0) is 13.0 Å². The van der Waals surface area contributed by atoms with Crippen molar-refractivity contribution < 1.29 is 0 Å². The van der Waals surface area contributed by atoms with E-state index in [1.54, 1.807) is 0 Å². The molecular formula is C25H34N8. The van der Waals surface area contributed by atoms with Crippen LogP contribution in [0, 0.1) is 0 Å². The van der Waals surface area contributed by atoms with Crippen LogP contribution in [0.2, 0.25) is 0 Å². The predicted octanol–water partition coefficient (Wildman–Crippen LogP) is 3.21. The molecule has 1 aromatic carbocycles. The van der Waals surface area contributed by atoms with Crippen molar-refractivity contribution in [3.05, 3.63) is 47.8 Å². The standard InChI is InChI=1S/C25H34N8/c1-17(2)33-16-22(14-27-33)20-6-5-19-11-18(3)32(15-21(19)12-20)24-13-23(28-25(26)29-24)31-9-7-30(4)8-10-31/h5-6,12-14,16-18H,7-11,15H2,1-4H3,(H2,26,28,29). The molecule has 0 amide bonds. The van der Waals surface area contributed by atoms with E-state index in [9.17, 15) is 0 Å². The number of benzene rings is 1. The molecule has 0 spiro atoms. The van der Waals surface area contributed by atoms with E-state index in [1.807, 2.05) is 10.9 Å². The lowest BCUT2D eigenvalue weighted by Gasteiger charge is -2.37. The van der Waals surface area contributed by atoms with Crippen molar-refractivity contribution in [3.63, 3.8) is 0 Å². The molecule has 174 valence electrons. The first-order valence-corrected chi connectivity index (χ1v) is 11.9. The van der Waals surface area contributed by atoms with Crippen LogP contribution in [0.5, 0.6) is 0 Å². The second kappa shape index (κ2) is 8.67. The highest BCUT2D eigenvalue weighted by atomic mass is 15.3. The van der Waals surface area contributed by atoms with E-state index in [0.29, 0.717) is 18.0 Å². The molecule has 2 N–H and O–H groups in total. The molecule has 0 bridgehead atoms. The Morgan fingerprint density at radius 1 is 0.970 bits per heavy atom. The van der Waals surface area contributed by atoms with Crippen LogP contribution in [0.25, 0.3) is 11.1 Å². The quantitative estimate of drug-likeness (QED) is 0.659. The minimum atomic E-state index is 0.335. The summed E-state index contributed by atoms with van der Waals surface area (Å²) in [6.45, 7) is 11.3. The Bertz CT molecular complexity index is 1130. The number of hydrogen-bond donors (Lipinski definition) is 1. The van der Waals surface area contributed by atoms with Crippen molar-refractivity contribution in [2.24, 2.45) is 0 Å². The number of nitrogen functional groups attached to an aromatic ring is 1. The first-order valence-electron chi connectivity index (χ1n) is 11.9. The van der Waals surface area contributed by atoms with Gasteiger partial charge in [-0.05, 0) is 57.0 Å². The molecular weight excluding hydrogens is 412 g/mol. The van der Waals surface area contributed by atoms with Crippen LogP contribution in [-0.4, -0.2) is 63.9 Å². The largest absolute Gasteiger partial charge is 0.368 e. The van der Waals surface area contributed by atoms with Crippen molar-refractivity contribution in [1.29, 1.82) is 0 Å². The second-order valence-electron chi connectivity index (χ2n) is 9.70. The summed E-state index contributed by atoms with van der Waals surface area (Å²) in [4.78, 5) is 16.2. The van der Waals surface area contributed by atoms with Gasteiger partial charge in [0.05, 0.1) is 6.20 Å². The molecule has 8 nitrogen and oxygen atoms in total. The highest BCUT2D eigenvalue weighted by Crippen LogP contribution is 2.32. The number of piperazine rings is 1. The highest BCUT2D eigenvalue weighted by molar-refractivity contribution is 5.65. The van der Waals surface area contributed by atoms with Crippen LogP contribution in [0.3, 0.4) is 0 Å². The van der Waals surface area contributed by atoms with Crippen molar-refractivity contribution >= 4 is 17.6 Å². The van der Waals surface area contributed by atoms with Gasteiger partial charge in [-0.25, -0.2) is 0 Å². The van der Waals surface area contributed by atoms with Gasteiger partial charge in [-0.2, -0.15) is 15.1 Å². The molecule has 8 heteroatoms. The van der Waals surface area contributed by atoms with Gasteiger partial charge in [0.1, 0.15) is 11.6 Å². The molecule has 1 atom stereocenters. The first kappa shape index (κ1) is 21.7. The van der Waals surface area contributed by atoms with Crippen molar-refractivity contribution in [2.45, 2.75) is 45.8 Å². The summed E-state index contributed by atoms with van der Waals surface area (Å²) < 4.78 is 2.01. The van der Waals surface area contributed by atoms with Crippen LogP contribution in [0.4, 0.5) is 17.6 Å². The van der Waals surface area contributed by atoms with E-state index >= 15 is 0 Å². The molecule has 0 saturated carbocycles. The van der Waals surface area contributed by atoms with Gasteiger partial charge in [0.2, 0.25) is 5.95 Å². The number of likely N-dealkylation sites (N-methyl/N-ethyl adjacent to an activating group) is 1. The topological polar surface area (TPSA) is 79.3 Å². The Kier molecular flexibility index (Phi) is 5.70. The lowest BCUT2D eigenvalue weighted by Crippen LogP contribution is -2.45. The molecule has 0 radical (unpaired) electrons. The summed E-state index contributed by atoms with van der Waals surface area (Å²) in [5.41, 5.74) is 11.3. The Morgan fingerprint density at radius 3 is 2.45 bits per heavy atom. The molecule has 1 saturated heterocycles. The summed E-state index contributed by atoms with van der Waals surface area (Å²) in [5, 5.41) is 4.51. The summed E-state index contributed by atoms with van der Waals surface area (Å²) in [7, 11) is 2.16. The smallest absolute Gasteiger partial charge is 0.223 e. The van der Waals surface area contributed by atoms with Crippen molar-refractivity contribution in [2.75, 3.05) is 48.8 Å². The SMILES string of the molecule is CC1Cc2ccc(-c3cnn(C(C)C)c3)cc2CN1c1cc(N2CCN(C)CC2)nc(N)n1. The zero-order valence-electron chi connectivity index (χ0n) is 20.1. The third-order valence-corrected chi connectivity index (χ3v) is 6.90. The molecule has 0 aliphatic carbocycles. The maximum atomic E-state index is 6.17. The Labute approximate surface area is 196 Å². The number of rotatable bonds is 4. The zero-order chi connectivity index (χ0) is 23.1. The third kappa shape index (κ3) is 4.39. The van der Waals surface area contributed by atoms with Crippen LogP contribution in [0.1, 0.15) is 37.9 Å². The normalized spacial score (nSPS) is 19.2. The molecule has 4 heterocycles. The molecule has 2 aliphatic rings. The summed E-state index contributed by atoms with van der Waals surface area (Å²) in [6.07, 6.45) is 5.07. The first-order chi connectivity index (χ1) is 15.9. The number of aromatic nitrogens is 4. The fourth-order valence-corrected chi connectivity index (χ4v) is 4.78. The van der Waals surface area contributed by atoms with Gasteiger partial charge < -0.3 is 20.4 Å². The van der Waals surface area contributed by atoms with Crippen LogP contribution in [0.15, 0.2) is 36.7 Å². The van der Waals surface area contributed by atoms with Gasteiger partial charge in [0.25, 0.3) is 0 Å². The lowest BCUT2D eigenvalue weighted by atomic mass is 9.92. The third-order valence-electron chi connectivity index (χ3n) is 6.90. The molecule has 3 aromatic rings.